The van der Waals surface area contributed by atoms with Crippen LogP contribution in [0, 0.1) is 0 Å². The third kappa shape index (κ3) is 5.15. The van der Waals surface area contributed by atoms with Gasteiger partial charge in [-0.2, -0.15) is 0 Å². The molecular formula is C24H23N3O4S. The Balaban J connectivity index is 1.55. The summed E-state index contributed by atoms with van der Waals surface area (Å²) >= 11 is 1.44. The summed E-state index contributed by atoms with van der Waals surface area (Å²) in [6.07, 6.45) is 1.71. The van der Waals surface area contributed by atoms with E-state index in [2.05, 4.69) is 9.97 Å². The van der Waals surface area contributed by atoms with Gasteiger partial charge in [-0.05, 0) is 55.5 Å². The molecule has 0 spiro atoms. The van der Waals surface area contributed by atoms with Gasteiger partial charge in [0.1, 0.15) is 17.2 Å². The van der Waals surface area contributed by atoms with Crippen molar-refractivity contribution in [3.05, 3.63) is 72.6 Å². The predicted molar refractivity (Wildman–Crippen MR) is 125 cm³/mol. The number of rotatable bonds is 9. The predicted octanol–water partition coefficient (Wildman–Crippen LogP) is 4.71. The van der Waals surface area contributed by atoms with E-state index in [1.807, 2.05) is 55.5 Å². The van der Waals surface area contributed by atoms with Crippen LogP contribution in [0.2, 0.25) is 0 Å². The second kappa shape index (κ2) is 10.1. The Hall–Kier alpha value is -3.65. The lowest BCUT2D eigenvalue weighted by Crippen LogP contribution is -2.34. The highest BCUT2D eigenvalue weighted by atomic mass is 32.1. The minimum Gasteiger partial charge on any atom is -0.497 e. The number of amides is 1. The van der Waals surface area contributed by atoms with Crippen LogP contribution in [0.3, 0.4) is 0 Å². The number of ether oxygens (including phenoxy) is 3. The Labute approximate surface area is 190 Å². The van der Waals surface area contributed by atoms with Crippen LogP contribution >= 0.6 is 11.3 Å². The number of aromatic nitrogens is 2. The number of fused-ring (bicyclic) bond motifs is 1. The molecule has 0 radical (unpaired) electrons. The molecule has 2 heterocycles. The first-order chi connectivity index (χ1) is 15.7. The maximum absolute atomic E-state index is 13.2. The van der Waals surface area contributed by atoms with Gasteiger partial charge in [0.15, 0.2) is 11.7 Å². The molecule has 0 N–H and O–H groups in total. The number of thiazole rings is 1. The molecular weight excluding hydrogens is 426 g/mol. The van der Waals surface area contributed by atoms with Gasteiger partial charge in [-0.15, -0.1) is 0 Å². The van der Waals surface area contributed by atoms with Gasteiger partial charge in [0.25, 0.3) is 5.91 Å². The number of nitrogens with zero attached hydrogens (tertiary/aromatic N) is 3. The summed E-state index contributed by atoms with van der Waals surface area (Å²) in [4.78, 5) is 23.8. The Kier molecular flexibility index (Phi) is 6.81. The average molecular weight is 450 g/mol. The van der Waals surface area contributed by atoms with Gasteiger partial charge >= 0.3 is 0 Å². The fraction of sp³-hybridized carbons (Fsp3) is 0.208. The molecule has 2 aromatic carbocycles. The van der Waals surface area contributed by atoms with E-state index < -0.39 is 0 Å². The van der Waals surface area contributed by atoms with Crippen molar-refractivity contribution < 1.29 is 19.0 Å². The lowest BCUT2D eigenvalue weighted by atomic mass is 10.3. The average Bonchev–Trinajstić information content (AvgIpc) is 3.25. The first-order valence-electron chi connectivity index (χ1n) is 10.2. The zero-order valence-corrected chi connectivity index (χ0v) is 18.7. The number of hydrogen-bond donors (Lipinski definition) is 0. The zero-order chi connectivity index (χ0) is 22.3. The van der Waals surface area contributed by atoms with Crippen molar-refractivity contribution in [1.82, 2.24) is 9.97 Å². The summed E-state index contributed by atoms with van der Waals surface area (Å²) < 4.78 is 17.4. The SMILES string of the molecule is CCOc1ccc(OCC(=O)N(Cc2ccccn2)c2nc3cc(OC)ccc3s2)cc1. The quantitative estimate of drug-likeness (QED) is 0.368. The fourth-order valence-corrected chi connectivity index (χ4v) is 4.04. The third-order valence-electron chi connectivity index (χ3n) is 4.66. The van der Waals surface area contributed by atoms with Gasteiger partial charge in [0.2, 0.25) is 0 Å². The Morgan fingerprint density at radius 2 is 1.75 bits per heavy atom. The van der Waals surface area contributed by atoms with E-state index in [1.165, 1.54) is 11.3 Å². The maximum atomic E-state index is 13.2. The molecule has 4 rings (SSSR count). The van der Waals surface area contributed by atoms with Gasteiger partial charge in [-0.1, -0.05) is 17.4 Å². The molecule has 0 saturated carbocycles. The fourth-order valence-electron chi connectivity index (χ4n) is 3.08. The second-order valence-electron chi connectivity index (χ2n) is 6.82. The minimum absolute atomic E-state index is 0.125. The molecule has 0 aliphatic rings. The zero-order valence-electron chi connectivity index (χ0n) is 17.9. The van der Waals surface area contributed by atoms with Gasteiger partial charge in [0.05, 0.1) is 36.2 Å². The number of hydrogen-bond acceptors (Lipinski definition) is 7. The van der Waals surface area contributed by atoms with Gasteiger partial charge in [-0.3, -0.25) is 14.7 Å². The van der Waals surface area contributed by atoms with Crippen LogP contribution in [0.5, 0.6) is 17.2 Å². The summed E-state index contributed by atoms with van der Waals surface area (Å²) in [5.74, 6) is 1.85. The summed E-state index contributed by atoms with van der Waals surface area (Å²) in [5, 5.41) is 0.583. The molecule has 4 aromatic rings. The van der Waals surface area contributed by atoms with Crippen molar-refractivity contribution in [3.63, 3.8) is 0 Å². The normalized spacial score (nSPS) is 10.7. The van der Waals surface area contributed by atoms with Crippen LogP contribution in [-0.4, -0.2) is 36.2 Å². The summed E-state index contributed by atoms with van der Waals surface area (Å²) in [5.41, 5.74) is 1.54. The Morgan fingerprint density at radius 3 is 2.44 bits per heavy atom. The monoisotopic (exact) mass is 449 g/mol. The lowest BCUT2D eigenvalue weighted by molar-refractivity contribution is -0.120. The molecule has 164 valence electrons. The van der Waals surface area contributed by atoms with E-state index in [1.54, 1.807) is 30.3 Å². The summed E-state index contributed by atoms with van der Waals surface area (Å²) in [7, 11) is 1.61. The Morgan fingerprint density at radius 1 is 1.00 bits per heavy atom. The topological polar surface area (TPSA) is 73.8 Å². The van der Waals surface area contributed by atoms with Crippen molar-refractivity contribution in [2.75, 3.05) is 25.2 Å². The van der Waals surface area contributed by atoms with E-state index in [0.29, 0.717) is 24.0 Å². The molecule has 7 nitrogen and oxygen atoms in total. The van der Waals surface area contributed by atoms with Crippen molar-refractivity contribution in [2.45, 2.75) is 13.5 Å². The highest BCUT2D eigenvalue weighted by molar-refractivity contribution is 7.22. The largest absolute Gasteiger partial charge is 0.497 e. The molecule has 2 aromatic heterocycles. The van der Waals surface area contributed by atoms with Crippen molar-refractivity contribution >= 4 is 32.6 Å². The van der Waals surface area contributed by atoms with Crippen molar-refractivity contribution in [1.29, 1.82) is 0 Å². The highest BCUT2D eigenvalue weighted by Gasteiger charge is 2.21. The first-order valence-corrected chi connectivity index (χ1v) is 11.0. The highest BCUT2D eigenvalue weighted by Crippen LogP contribution is 2.32. The lowest BCUT2D eigenvalue weighted by Gasteiger charge is -2.19. The van der Waals surface area contributed by atoms with Gasteiger partial charge < -0.3 is 14.2 Å². The van der Waals surface area contributed by atoms with Crippen LogP contribution in [0.1, 0.15) is 12.6 Å². The van der Waals surface area contributed by atoms with E-state index in [-0.39, 0.29) is 12.5 Å². The Bertz CT molecular complexity index is 1180. The molecule has 8 heteroatoms. The van der Waals surface area contributed by atoms with Gasteiger partial charge in [0, 0.05) is 12.3 Å². The number of benzene rings is 2. The van der Waals surface area contributed by atoms with E-state index in [4.69, 9.17) is 14.2 Å². The molecule has 0 bridgehead atoms. The summed E-state index contributed by atoms with van der Waals surface area (Å²) in [6, 6.07) is 18.5. The maximum Gasteiger partial charge on any atom is 0.267 e. The van der Waals surface area contributed by atoms with Crippen LogP contribution in [-0.2, 0) is 11.3 Å². The smallest absolute Gasteiger partial charge is 0.267 e. The number of methoxy groups -OCH3 is 1. The van der Waals surface area contributed by atoms with Crippen LogP contribution in [0.4, 0.5) is 5.13 Å². The molecule has 0 unspecified atom stereocenters. The third-order valence-corrected chi connectivity index (χ3v) is 5.72. The van der Waals surface area contributed by atoms with E-state index in [0.717, 1.165) is 27.4 Å². The standard InChI is InChI=1S/C24H23N3O4S/c1-3-30-18-7-9-19(10-8-18)31-16-23(28)27(15-17-6-4-5-13-25-17)24-26-21-14-20(29-2)11-12-22(21)32-24/h4-14H,3,15-16H2,1-2H3. The molecule has 0 atom stereocenters. The first kappa shape index (κ1) is 21.6. The number of carbonyl (C=O) groups is 1. The molecule has 0 aliphatic carbocycles. The summed E-state index contributed by atoms with van der Waals surface area (Å²) in [6.45, 7) is 2.69. The molecule has 32 heavy (non-hydrogen) atoms. The number of pyridine rings is 1. The number of anilines is 1. The van der Waals surface area contributed by atoms with Gasteiger partial charge in [-0.25, -0.2) is 4.98 Å². The second-order valence-corrected chi connectivity index (χ2v) is 7.83. The van der Waals surface area contributed by atoms with Crippen LogP contribution in [0.25, 0.3) is 10.2 Å². The number of carbonyl (C=O) groups excluding carboxylic acids is 1. The molecule has 0 fully saturated rings. The van der Waals surface area contributed by atoms with Crippen LogP contribution < -0.4 is 19.1 Å². The molecule has 0 aliphatic heterocycles. The van der Waals surface area contributed by atoms with E-state index >= 15 is 0 Å². The van der Waals surface area contributed by atoms with Crippen molar-refractivity contribution in [2.24, 2.45) is 0 Å². The van der Waals surface area contributed by atoms with E-state index in [9.17, 15) is 4.79 Å². The van der Waals surface area contributed by atoms with Crippen molar-refractivity contribution in [3.8, 4) is 17.2 Å². The molecule has 0 saturated heterocycles. The minimum atomic E-state index is -0.212. The molecule has 1 amide bonds. The van der Waals surface area contributed by atoms with Crippen LogP contribution in [0.15, 0.2) is 66.9 Å².